The van der Waals surface area contributed by atoms with Gasteiger partial charge in [-0.05, 0) is 31.2 Å². The molecule has 0 saturated carbocycles. The zero-order valence-corrected chi connectivity index (χ0v) is 8.34. The first kappa shape index (κ1) is 10.0. The van der Waals surface area contributed by atoms with Crippen molar-refractivity contribution in [3.63, 3.8) is 0 Å². The van der Waals surface area contributed by atoms with E-state index in [2.05, 4.69) is 18.7 Å². The number of likely N-dealkylation sites (tertiary alicyclic amines) is 1. The first-order valence-electron chi connectivity index (χ1n) is 5.09. The topological polar surface area (TPSA) is 23.5 Å². The molecular weight excluding hydrogens is 150 g/mol. The van der Waals surface area contributed by atoms with Crippen molar-refractivity contribution < 1.29 is 5.11 Å². The maximum absolute atomic E-state index is 8.80. The molecule has 0 radical (unpaired) electrons. The maximum Gasteiger partial charge on any atom is 0.0558 e. The average Bonchev–Trinajstić information content (AvgIpc) is 2.50. The first-order chi connectivity index (χ1) is 5.76. The minimum atomic E-state index is 0.309. The van der Waals surface area contributed by atoms with Crippen LogP contribution in [0.3, 0.4) is 0 Å². The molecule has 1 aliphatic rings. The van der Waals surface area contributed by atoms with E-state index in [-0.39, 0.29) is 0 Å². The fraction of sp³-hybridized carbons (Fsp3) is 1.00. The Morgan fingerprint density at radius 3 is 2.42 bits per heavy atom. The van der Waals surface area contributed by atoms with E-state index in [0.717, 1.165) is 6.54 Å². The number of aliphatic hydroxyl groups excluding tert-OH is 1. The van der Waals surface area contributed by atoms with Gasteiger partial charge in [0.05, 0.1) is 6.61 Å². The van der Waals surface area contributed by atoms with Gasteiger partial charge in [-0.25, -0.2) is 0 Å². The molecule has 2 nitrogen and oxygen atoms in total. The van der Waals surface area contributed by atoms with Crippen LogP contribution in [0.15, 0.2) is 0 Å². The van der Waals surface area contributed by atoms with E-state index < -0.39 is 0 Å². The summed E-state index contributed by atoms with van der Waals surface area (Å²) in [7, 11) is 0. The van der Waals surface area contributed by atoms with Gasteiger partial charge in [-0.2, -0.15) is 0 Å². The lowest BCUT2D eigenvalue weighted by Crippen LogP contribution is -2.28. The minimum absolute atomic E-state index is 0.309. The van der Waals surface area contributed by atoms with Crippen molar-refractivity contribution in [2.45, 2.75) is 33.1 Å². The Bertz CT molecular complexity index is 132. The summed E-state index contributed by atoms with van der Waals surface area (Å²) >= 11 is 0. The summed E-state index contributed by atoms with van der Waals surface area (Å²) in [5.74, 6) is 0. The molecule has 0 spiro atoms. The zero-order chi connectivity index (χ0) is 9.03. The summed E-state index contributed by atoms with van der Waals surface area (Å²) < 4.78 is 0. The van der Waals surface area contributed by atoms with Crippen LogP contribution in [0.2, 0.25) is 0 Å². The van der Waals surface area contributed by atoms with Crippen LogP contribution in [0.5, 0.6) is 0 Å². The zero-order valence-electron chi connectivity index (χ0n) is 8.34. The Hall–Kier alpha value is -0.0800. The van der Waals surface area contributed by atoms with E-state index in [9.17, 15) is 0 Å². The third-order valence-corrected chi connectivity index (χ3v) is 3.43. The van der Waals surface area contributed by atoms with Gasteiger partial charge in [0.2, 0.25) is 0 Å². The van der Waals surface area contributed by atoms with E-state index in [1.165, 1.54) is 32.4 Å². The van der Waals surface area contributed by atoms with Gasteiger partial charge in [0.15, 0.2) is 0 Å². The van der Waals surface area contributed by atoms with Gasteiger partial charge in [-0.1, -0.05) is 13.8 Å². The van der Waals surface area contributed by atoms with Gasteiger partial charge in [0.25, 0.3) is 0 Å². The van der Waals surface area contributed by atoms with Crippen molar-refractivity contribution in [3.8, 4) is 0 Å². The van der Waals surface area contributed by atoms with E-state index in [1.807, 2.05) is 0 Å². The number of β-amino-alcohol motifs (C(OH)–C–C–N with tert-alkyl or cyclic N) is 1. The SMILES string of the molecule is CCC1(CC)CCN(CCO)C1. The van der Waals surface area contributed by atoms with Gasteiger partial charge in [0.1, 0.15) is 0 Å². The molecule has 0 unspecified atom stereocenters. The summed E-state index contributed by atoms with van der Waals surface area (Å²) in [6.45, 7) is 8.12. The molecule has 2 heteroatoms. The highest BCUT2D eigenvalue weighted by Gasteiger charge is 2.34. The highest BCUT2D eigenvalue weighted by molar-refractivity contribution is 4.87. The molecule has 12 heavy (non-hydrogen) atoms. The van der Waals surface area contributed by atoms with E-state index in [4.69, 9.17) is 5.11 Å². The Labute approximate surface area is 75.6 Å². The summed E-state index contributed by atoms with van der Waals surface area (Å²) in [4.78, 5) is 2.38. The predicted octanol–water partition coefficient (Wildman–Crippen LogP) is 1.49. The largest absolute Gasteiger partial charge is 0.395 e. The van der Waals surface area contributed by atoms with Crippen molar-refractivity contribution in [3.05, 3.63) is 0 Å². The van der Waals surface area contributed by atoms with Crippen LogP contribution in [0.25, 0.3) is 0 Å². The van der Waals surface area contributed by atoms with Crippen LogP contribution in [0, 0.1) is 5.41 Å². The maximum atomic E-state index is 8.80. The summed E-state index contributed by atoms with van der Waals surface area (Å²) in [5, 5.41) is 8.80. The minimum Gasteiger partial charge on any atom is -0.395 e. The van der Waals surface area contributed by atoms with Crippen LogP contribution in [-0.2, 0) is 0 Å². The quantitative estimate of drug-likeness (QED) is 0.692. The standard InChI is InChI=1S/C10H21NO/c1-3-10(4-2)5-6-11(9-10)7-8-12/h12H,3-9H2,1-2H3. The highest BCUT2D eigenvalue weighted by atomic mass is 16.3. The van der Waals surface area contributed by atoms with Crippen LogP contribution >= 0.6 is 0 Å². The number of hydrogen-bond acceptors (Lipinski definition) is 2. The van der Waals surface area contributed by atoms with Crippen LogP contribution in [0.4, 0.5) is 0 Å². The summed E-state index contributed by atoms with van der Waals surface area (Å²) in [6.07, 6.45) is 3.89. The molecule has 1 N–H and O–H groups in total. The highest BCUT2D eigenvalue weighted by Crippen LogP contribution is 2.36. The van der Waals surface area contributed by atoms with Crippen LogP contribution < -0.4 is 0 Å². The van der Waals surface area contributed by atoms with Gasteiger partial charge in [-0.15, -0.1) is 0 Å². The smallest absolute Gasteiger partial charge is 0.0558 e. The molecule has 1 saturated heterocycles. The second kappa shape index (κ2) is 4.24. The van der Waals surface area contributed by atoms with Crippen LogP contribution in [0.1, 0.15) is 33.1 Å². The molecule has 1 aliphatic heterocycles. The Morgan fingerprint density at radius 2 is 2.00 bits per heavy atom. The molecule has 1 fully saturated rings. The molecule has 0 aliphatic carbocycles. The number of rotatable bonds is 4. The van der Waals surface area contributed by atoms with Gasteiger partial charge in [-0.3, -0.25) is 0 Å². The van der Waals surface area contributed by atoms with Gasteiger partial charge < -0.3 is 10.0 Å². The third-order valence-electron chi connectivity index (χ3n) is 3.43. The van der Waals surface area contributed by atoms with Crippen molar-refractivity contribution in [1.29, 1.82) is 0 Å². The normalized spacial score (nSPS) is 23.2. The molecular formula is C10H21NO. The van der Waals surface area contributed by atoms with Crippen molar-refractivity contribution >= 4 is 0 Å². The van der Waals surface area contributed by atoms with E-state index in [1.54, 1.807) is 0 Å². The monoisotopic (exact) mass is 171 g/mol. The van der Waals surface area contributed by atoms with Crippen LogP contribution in [-0.4, -0.2) is 36.2 Å². The molecule has 0 aromatic rings. The molecule has 0 amide bonds. The predicted molar refractivity (Wildman–Crippen MR) is 51.2 cm³/mol. The molecule has 0 bridgehead atoms. The Balaban J connectivity index is 2.41. The number of nitrogens with zero attached hydrogens (tertiary/aromatic N) is 1. The second-order valence-corrected chi connectivity index (χ2v) is 3.96. The van der Waals surface area contributed by atoms with E-state index >= 15 is 0 Å². The second-order valence-electron chi connectivity index (χ2n) is 3.96. The molecule has 0 atom stereocenters. The Morgan fingerprint density at radius 1 is 1.33 bits per heavy atom. The number of hydrogen-bond donors (Lipinski definition) is 1. The fourth-order valence-electron chi connectivity index (χ4n) is 2.19. The summed E-state index contributed by atoms with van der Waals surface area (Å²) in [5.41, 5.74) is 0.565. The number of aliphatic hydroxyl groups is 1. The van der Waals surface area contributed by atoms with Gasteiger partial charge >= 0.3 is 0 Å². The molecule has 0 aromatic carbocycles. The average molecular weight is 171 g/mol. The fourth-order valence-corrected chi connectivity index (χ4v) is 2.19. The third kappa shape index (κ3) is 1.99. The lowest BCUT2D eigenvalue weighted by Gasteiger charge is -2.26. The van der Waals surface area contributed by atoms with E-state index in [0.29, 0.717) is 12.0 Å². The molecule has 1 rings (SSSR count). The molecule has 72 valence electrons. The summed E-state index contributed by atoms with van der Waals surface area (Å²) in [6, 6.07) is 0. The van der Waals surface area contributed by atoms with Crippen molar-refractivity contribution in [2.75, 3.05) is 26.2 Å². The van der Waals surface area contributed by atoms with Crippen molar-refractivity contribution in [1.82, 2.24) is 4.90 Å². The van der Waals surface area contributed by atoms with Gasteiger partial charge in [0, 0.05) is 13.1 Å². The lowest BCUT2D eigenvalue weighted by atomic mass is 9.82. The Kier molecular flexibility index (Phi) is 3.53. The molecule has 0 aromatic heterocycles. The lowest BCUT2D eigenvalue weighted by molar-refractivity contribution is 0.194. The van der Waals surface area contributed by atoms with Crippen molar-refractivity contribution in [2.24, 2.45) is 5.41 Å². The molecule has 1 heterocycles. The first-order valence-corrected chi connectivity index (χ1v) is 5.09.